The molecule has 2 aromatic heterocycles. The van der Waals surface area contributed by atoms with Gasteiger partial charge in [0.25, 0.3) is 5.91 Å². The van der Waals surface area contributed by atoms with Crippen molar-refractivity contribution in [3.8, 4) is 0 Å². The summed E-state index contributed by atoms with van der Waals surface area (Å²) in [4.78, 5) is 23.4. The van der Waals surface area contributed by atoms with Crippen LogP contribution in [0.5, 0.6) is 0 Å². The first-order valence-electron chi connectivity index (χ1n) is 8.48. The molecule has 3 aromatic rings. The highest BCUT2D eigenvalue weighted by Gasteiger charge is 2.38. The largest absolute Gasteiger partial charge is 0.333 e. The van der Waals surface area contributed by atoms with Crippen molar-refractivity contribution < 1.29 is 4.79 Å². The summed E-state index contributed by atoms with van der Waals surface area (Å²) >= 11 is 0. The van der Waals surface area contributed by atoms with E-state index in [2.05, 4.69) is 27.8 Å². The molecule has 120 valence electrons. The molecule has 1 amide bonds. The summed E-state index contributed by atoms with van der Waals surface area (Å²) in [6, 6.07) is 14.1. The fourth-order valence-corrected chi connectivity index (χ4v) is 3.51. The van der Waals surface area contributed by atoms with Crippen LogP contribution < -0.4 is 0 Å². The van der Waals surface area contributed by atoms with Gasteiger partial charge in [-0.1, -0.05) is 18.2 Å². The molecule has 2 aliphatic rings. The molecule has 1 aliphatic heterocycles. The number of amides is 1. The number of para-hydroxylation sites is 2. The fourth-order valence-electron chi connectivity index (χ4n) is 3.51. The molecule has 3 heterocycles. The molecule has 24 heavy (non-hydrogen) atoms. The van der Waals surface area contributed by atoms with Crippen molar-refractivity contribution in [2.24, 2.45) is 0 Å². The Labute approximate surface area is 139 Å². The average molecular weight is 318 g/mol. The van der Waals surface area contributed by atoms with Gasteiger partial charge in [-0.3, -0.25) is 9.78 Å². The number of rotatable bonds is 3. The monoisotopic (exact) mass is 318 g/mol. The van der Waals surface area contributed by atoms with E-state index in [1.807, 2.05) is 23.1 Å². The van der Waals surface area contributed by atoms with E-state index in [0.717, 1.165) is 18.6 Å². The van der Waals surface area contributed by atoms with Gasteiger partial charge in [-0.25, -0.2) is 4.98 Å². The number of nitrogens with zero attached hydrogens (tertiary/aromatic N) is 4. The van der Waals surface area contributed by atoms with Crippen molar-refractivity contribution in [3.05, 3.63) is 60.2 Å². The lowest BCUT2D eigenvalue weighted by Crippen LogP contribution is -2.51. The number of benzene rings is 1. The van der Waals surface area contributed by atoms with E-state index >= 15 is 0 Å². The van der Waals surface area contributed by atoms with Crippen molar-refractivity contribution in [2.45, 2.75) is 24.8 Å². The van der Waals surface area contributed by atoms with Crippen LogP contribution in [0, 0.1) is 0 Å². The second-order valence-electron chi connectivity index (χ2n) is 6.68. The molecule has 0 unspecified atom stereocenters. The summed E-state index contributed by atoms with van der Waals surface area (Å²) in [6.45, 7) is 1.46. The van der Waals surface area contributed by atoms with Gasteiger partial charge in [-0.05, 0) is 37.1 Å². The molecule has 0 spiro atoms. The van der Waals surface area contributed by atoms with Crippen molar-refractivity contribution in [2.75, 3.05) is 13.1 Å². The van der Waals surface area contributed by atoms with Crippen LogP contribution in [0.25, 0.3) is 11.0 Å². The molecule has 1 saturated carbocycles. The van der Waals surface area contributed by atoms with Crippen LogP contribution in [0.4, 0.5) is 0 Å². The molecule has 0 bridgehead atoms. The molecule has 0 N–H and O–H groups in total. The van der Waals surface area contributed by atoms with Gasteiger partial charge in [0.1, 0.15) is 11.5 Å². The zero-order chi connectivity index (χ0) is 16.1. The predicted molar refractivity (Wildman–Crippen MR) is 90.9 cm³/mol. The maximum absolute atomic E-state index is 12.5. The first kappa shape index (κ1) is 13.7. The normalized spacial score (nSPS) is 17.9. The van der Waals surface area contributed by atoms with E-state index < -0.39 is 0 Å². The van der Waals surface area contributed by atoms with Crippen molar-refractivity contribution >= 4 is 16.9 Å². The summed E-state index contributed by atoms with van der Waals surface area (Å²) in [5, 5.41) is 0. The molecule has 0 atom stereocenters. The molecule has 5 rings (SSSR count). The van der Waals surface area contributed by atoms with Crippen molar-refractivity contribution in [3.63, 3.8) is 0 Å². The molecule has 5 heteroatoms. The van der Waals surface area contributed by atoms with Crippen LogP contribution in [0.3, 0.4) is 0 Å². The van der Waals surface area contributed by atoms with Gasteiger partial charge < -0.3 is 9.47 Å². The Morgan fingerprint density at radius 2 is 1.83 bits per heavy atom. The highest BCUT2D eigenvalue weighted by atomic mass is 16.2. The number of carbonyl (C=O) groups is 1. The first-order chi connectivity index (χ1) is 11.8. The smallest absolute Gasteiger partial charge is 0.272 e. The Morgan fingerprint density at radius 1 is 1.04 bits per heavy atom. The fraction of sp³-hybridized carbons (Fsp3) is 0.316. The van der Waals surface area contributed by atoms with Gasteiger partial charge in [-0.15, -0.1) is 0 Å². The van der Waals surface area contributed by atoms with E-state index in [-0.39, 0.29) is 5.91 Å². The second-order valence-corrected chi connectivity index (χ2v) is 6.68. The van der Waals surface area contributed by atoms with Gasteiger partial charge in [0.15, 0.2) is 0 Å². The van der Waals surface area contributed by atoms with Gasteiger partial charge in [0, 0.05) is 25.2 Å². The Kier molecular flexibility index (Phi) is 2.95. The number of likely N-dealkylation sites (tertiary alicyclic amines) is 1. The maximum Gasteiger partial charge on any atom is 0.272 e. The standard InChI is InChI=1S/C19H18N4O/c24-19(16-6-3-4-10-20-16)22-11-14(12-22)23-17-7-2-1-5-15(17)21-18(23)13-8-9-13/h1-7,10,13-14H,8-9,11-12H2. The first-order valence-corrected chi connectivity index (χ1v) is 8.48. The Balaban J connectivity index is 1.42. The number of hydrogen-bond donors (Lipinski definition) is 0. The Hall–Kier alpha value is -2.69. The van der Waals surface area contributed by atoms with E-state index in [9.17, 15) is 4.79 Å². The molecule has 0 radical (unpaired) electrons. The number of aromatic nitrogens is 3. The molecule has 2 fully saturated rings. The lowest BCUT2D eigenvalue weighted by Gasteiger charge is -2.40. The lowest BCUT2D eigenvalue weighted by molar-refractivity contribution is 0.0516. The van der Waals surface area contributed by atoms with Crippen LogP contribution in [0.2, 0.25) is 0 Å². The highest BCUT2D eigenvalue weighted by Crippen LogP contribution is 2.42. The van der Waals surface area contributed by atoms with Gasteiger partial charge in [-0.2, -0.15) is 0 Å². The van der Waals surface area contributed by atoms with Gasteiger partial charge in [0.2, 0.25) is 0 Å². The SMILES string of the molecule is O=C(c1ccccn1)N1CC(n2c(C3CC3)nc3ccccc32)C1. The van der Waals surface area contributed by atoms with Crippen LogP contribution >= 0.6 is 0 Å². The Bertz CT molecular complexity index is 908. The Morgan fingerprint density at radius 3 is 2.58 bits per heavy atom. The third-order valence-corrected chi connectivity index (χ3v) is 4.96. The van der Waals surface area contributed by atoms with Crippen LogP contribution in [0.1, 0.15) is 41.1 Å². The van der Waals surface area contributed by atoms with Crippen LogP contribution in [-0.2, 0) is 0 Å². The quantitative estimate of drug-likeness (QED) is 0.746. The van der Waals surface area contributed by atoms with E-state index in [0.29, 0.717) is 17.7 Å². The minimum absolute atomic E-state index is 0.0178. The topological polar surface area (TPSA) is 51.0 Å². The number of pyridine rings is 1. The summed E-state index contributed by atoms with van der Waals surface area (Å²) in [5.74, 6) is 1.81. The summed E-state index contributed by atoms with van der Waals surface area (Å²) < 4.78 is 2.37. The number of hydrogen-bond acceptors (Lipinski definition) is 3. The zero-order valence-electron chi connectivity index (χ0n) is 13.3. The molecule has 1 aliphatic carbocycles. The van der Waals surface area contributed by atoms with Gasteiger partial charge >= 0.3 is 0 Å². The van der Waals surface area contributed by atoms with E-state index in [1.54, 1.807) is 12.3 Å². The van der Waals surface area contributed by atoms with Crippen LogP contribution in [-0.4, -0.2) is 38.4 Å². The molecule has 1 aromatic carbocycles. The van der Waals surface area contributed by atoms with E-state index in [4.69, 9.17) is 4.98 Å². The highest BCUT2D eigenvalue weighted by molar-refractivity contribution is 5.92. The van der Waals surface area contributed by atoms with E-state index in [1.165, 1.54) is 24.2 Å². The molecular weight excluding hydrogens is 300 g/mol. The maximum atomic E-state index is 12.5. The van der Waals surface area contributed by atoms with Gasteiger partial charge in [0.05, 0.1) is 17.1 Å². The minimum Gasteiger partial charge on any atom is -0.333 e. The van der Waals surface area contributed by atoms with Crippen molar-refractivity contribution in [1.82, 2.24) is 19.4 Å². The number of imidazole rings is 1. The average Bonchev–Trinajstić information content (AvgIpc) is 3.36. The third kappa shape index (κ3) is 2.12. The zero-order valence-corrected chi connectivity index (χ0v) is 13.3. The third-order valence-electron chi connectivity index (χ3n) is 4.96. The predicted octanol–water partition coefficient (Wildman–Crippen LogP) is 3.01. The summed E-state index contributed by atoms with van der Waals surface area (Å²) in [6.07, 6.45) is 4.12. The second kappa shape index (κ2) is 5.16. The van der Waals surface area contributed by atoms with Crippen molar-refractivity contribution in [1.29, 1.82) is 0 Å². The summed E-state index contributed by atoms with van der Waals surface area (Å²) in [7, 11) is 0. The lowest BCUT2D eigenvalue weighted by atomic mass is 10.1. The molecule has 5 nitrogen and oxygen atoms in total. The summed E-state index contributed by atoms with van der Waals surface area (Å²) in [5.41, 5.74) is 2.78. The molecule has 1 saturated heterocycles. The van der Waals surface area contributed by atoms with Crippen LogP contribution in [0.15, 0.2) is 48.7 Å². The molecular formula is C19H18N4O. The minimum atomic E-state index is 0.0178. The number of fused-ring (bicyclic) bond motifs is 1. The number of carbonyl (C=O) groups excluding carboxylic acids is 1.